The molecule has 0 radical (unpaired) electrons. The molecule has 20 heavy (non-hydrogen) atoms. The molecule has 0 saturated carbocycles. The molecule has 1 heterocycles. The fraction of sp³-hybridized carbons (Fsp3) is 0.750. The Morgan fingerprint density at radius 3 is 2.75 bits per heavy atom. The molecule has 0 saturated heterocycles. The summed E-state index contributed by atoms with van der Waals surface area (Å²) < 4.78 is 33.9. The lowest BCUT2D eigenvalue weighted by Gasteiger charge is -2.24. The van der Waals surface area contributed by atoms with Crippen LogP contribution in [-0.4, -0.2) is 50.5 Å². The van der Waals surface area contributed by atoms with E-state index in [9.17, 15) is 8.42 Å². The Labute approximate surface area is 120 Å². The van der Waals surface area contributed by atoms with Crippen LogP contribution in [0.15, 0.2) is 17.3 Å². The van der Waals surface area contributed by atoms with Gasteiger partial charge in [0.2, 0.25) is 10.0 Å². The zero-order valence-electron chi connectivity index (χ0n) is 12.5. The fourth-order valence-electron chi connectivity index (χ4n) is 1.63. The Morgan fingerprint density at radius 2 is 2.15 bits per heavy atom. The van der Waals surface area contributed by atoms with Crippen LogP contribution < -0.4 is 10.0 Å². The topological polar surface area (TPSA) is 85.2 Å². The van der Waals surface area contributed by atoms with E-state index in [1.807, 2.05) is 27.8 Å². The van der Waals surface area contributed by atoms with Crippen LogP contribution in [0.1, 0.15) is 20.8 Å². The van der Waals surface area contributed by atoms with Gasteiger partial charge in [0.15, 0.2) is 0 Å². The third-order valence-corrected chi connectivity index (χ3v) is 4.09. The Bertz CT molecular complexity index is 511. The fourth-order valence-corrected chi connectivity index (χ4v) is 2.78. The molecule has 1 rings (SSSR count). The van der Waals surface area contributed by atoms with Crippen LogP contribution in [0.25, 0.3) is 0 Å². The van der Waals surface area contributed by atoms with Crippen molar-refractivity contribution in [1.29, 1.82) is 0 Å². The average Bonchev–Trinajstić information content (AvgIpc) is 2.84. The standard InChI is InChI=1S/C12H24N4O3S/c1-5-19-12(2,3)10-15-20(17,18)11-8-14-16(9-11)7-6-13-4/h8-9,13,15H,5-7,10H2,1-4H3. The zero-order chi connectivity index (χ0) is 15.2. The summed E-state index contributed by atoms with van der Waals surface area (Å²) in [4.78, 5) is 0.168. The second-order valence-corrected chi connectivity index (χ2v) is 6.83. The lowest BCUT2D eigenvalue weighted by atomic mass is 10.1. The maximum absolute atomic E-state index is 12.1. The highest BCUT2D eigenvalue weighted by atomic mass is 32.2. The minimum absolute atomic E-state index is 0.168. The third kappa shape index (κ3) is 5.20. The van der Waals surface area contributed by atoms with Gasteiger partial charge in [-0.1, -0.05) is 0 Å². The lowest BCUT2D eigenvalue weighted by Crippen LogP contribution is -2.40. The first kappa shape index (κ1) is 17.1. The number of rotatable bonds is 9. The number of likely N-dealkylation sites (N-methyl/N-ethyl adjacent to an activating group) is 1. The van der Waals surface area contributed by atoms with E-state index in [0.717, 1.165) is 6.54 Å². The van der Waals surface area contributed by atoms with Gasteiger partial charge in [-0.05, 0) is 27.8 Å². The van der Waals surface area contributed by atoms with Gasteiger partial charge >= 0.3 is 0 Å². The summed E-state index contributed by atoms with van der Waals surface area (Å²) in [6.45, 7) is 7.66. The Balaban J connectivity index is 2.66. The van der Waals surface area contributed by atoms with Crippen LogP contribution in [-0.2, 0) is 21.3 Å². The summed E-state index contributed by atoms with van der Waals surface area (Å²) in [6.07, 6.45) is 2.87. The van der Waals surface area contributed by atoms with Gasteiger partial charge < -0.3 is 10.1 Å². The second-order valence-electron chi connectivity index (χ2n) is 5.06. The maximum atomic E-state index is 12.1. The van der Waals surface area contributed by atoms with Crippen LogP contribution >= 0.6 is 0 Å². The van der Waals surface area contributed by atoms with Gasteiger partial charge in [-0.3, -0.25) is 4.68 Å². The Morgan fingerprint density at radius 1 is 1.45 bits per heavy atom. The van der Waals surface area contributed by atoms with Crippen molar-refractivity contribution in [2.75, 3.05) is 26.7 Å². The van der Waals surface area contributed by atoms with Crippen LogP contribution in [0.3, 0.4) is 0 Å². The van der Waals surface area contributed by atoms with Gasteiger partial charge in [0.1, 0.15) is 4.90 Å². The summed E-state index contributed by atoms with van der Waals surface area (Å²) in [6, 6.07) is 0. The van der Waals surface area contributed by atoms with Gasteiger partial charge in [0.25, 0.3) is 0 Å². The minimum atomic E-state index is -3.55. The van der Waals surface area contributed by atoms with Crippen LogP contribution in [0.2, 0.25) is 0 Å². The molecule has 0 amide bonds. The highest BCUT2D eigenvalue weighted by Crippen LogP contribution is 2.11. The van der Waals surface area contributed by atoms with Gasteiger partial charge in [0.05, 0.1) is 18.3 Å². The molecule has 7 nitrogen and oxygen atoms in total. The summed E-state index contributed by atoms with van der Waals surface area (Å²) in [7, 11) is -1.72. The Kier molecular flexibility index (Phi) is 6.12. The van der Waals surface area contributed by atoms with Crippen molar-refractivity contribution >= 4 is 10.0 Å². The van der Waals surface area contributed by atoms with E-state index in [1.165, 1.54) is 12.4 Å². The number of hydrogen-bond acceptors (Lipinski definition) is 5. The van der Waals surface area contributed by atoms with E-state index in [-0.39, 0.29) is 11.4 Å². The van der Waals surface area contributed by atoms with Crippen molar-refractivity contribution in [1.82, 2.24) is 19.8 Å². The van der Waals surface area contributed by atoms with Crippen molar-refractivity contribution in [3.63, 3.8) is 0 Å². The molecule has 0 spiro atoms. The van der Waals surface area contributed by atoms with Crippen LogP contribution in [0.5, 0.6) is 0 Å². The molecule has 0 unspecified atom stereocenters. The molecule has 0 aliphatic rings. The summed E-state index contributed by atoms with van der Waals surface area (Å²) in [5.74, 6) is 0. The molecule has 0 aliphatic carbocycles. The van der Waals surface area contributed by atoms with Crippen molar-refractivity contribution in [3.05, 3.63) is 12.4 Å². The van der Waals surface area contributed by atoms with Crippen molar-refractivity contribution in [3.8, 4) is 0 Å². The number of aromatic nitrogens is 2. The van der Waals surface area contributed by atoms with E-state index in [4.69, 9.17) is 4.74 Å². The molecule has 0 atom stereocenters. The van der Waals surface area contributed by atoms with E-state index >= 15 is 0 Å². The lowest BCUT2D eigenvalue weighted by molar-refractivity contribution is -0.00515. The summed E-state index contributed by atoms with van der Waals surface area (Å²) in [5.41, 5.74) is -0.538. The van der Waals surface area contributed by atoms with Crippen molar-refractivity contribution in [2.45, 2.75) is 37.8 Å². The van der Waals surface area contributed by atoms with E-state index in [2.05, 4.69) is 15.1 Å². The van der Waals surface area contributed by atoms with Gasteiger partial charge in [0, 0.05) is 25.9 Å². The quantitative estimate of drug-likeness (QED) is 0.680. The van der Waals surface area contributed by atoms with Crippen molar-refractivity contribution < 1.29 is 13.2 Å². The monoisotopic (exact) mass is 304 g/mol. The molecule has 1 aromatic heterocycles. The summed E-state index contributed by atoms with van der Waals surface area (Å²) >= 11 is 0. The number of hydrogen-bond donors (Lipinski definition) is 2. The normalized spacial score (nSPS) is 12.8. The molecule has 0 fully saturated rings. The van der Waals surface area contributed by atoms with Crippen LogP contribution in [0, 0.1) is 0 Å². The molecule has 0 aliphatic heterocycles. The highest BCUT2D eigenvalue weighted by molar-refractivity contribution is 7.89. The predicted molar refractivity (Wildman–Crippen MR) is 77.0 cm³/mol. The second kappa shape index (κ2) is 7.16. The van der Waals surface area contributed by atoms with E-state index < -0.39 is 15.6 Å². The number of sulfonamides is 1. The van der Waals surface area contributed by atoms with Gasteiger partial charge in [-0.15, -0.1) is 0 Å². The minimum Gasteiger partial charge on any atom is -0.375 e. The third-order valence-electron chi connectivity index (χ3n) is 2.73. The molecular weight excluding hydrogens is 280 g/mol. The SMILES string of the molecule is CCOC(C)(C)CNS(=O)(=O)c1cnn(CCNC)c1. The molecule has 2 N–H and O–H groups in total. The molecule has 1 aromatic rings. The Hall–Kier alpha value is -0.960. The number of nitrogens with zero attached hydrogens (tertiary/aromatic N) is 2. The van der Waals surface area contributed by atoms with Gasteiger partial charge in [-0.25, -0.2) is 13.1 Å². The first-order chi connectivity index (χ1) is 9.30. The largest absolute Gasteiger partial charge is 0.375 e. The molecule has 116 valence electrons. The van der Waals surface area contributed by atoms with Crippen molar-refractivity contribution in [2.24, 2.45) is 0 Å². The molecule has 0 aromatic carbocycles. The first-order valence-corrected chi connectivity index (χ1v) is 8.10. The molecular formula is C12H24N4O3S. The average molecular weight is 304 g/mol. The highest BCUT2D eigenvalue weighted by Gasteiger charge is 2.23. The molecule has 0 bridgehead atoms. The molecule has 8 heteroatoms. The summed E-state index contributed by atoms with van der Waals surface area (Å²) in [5, 5.41) is 7.01. The predicted octanol–water partition coefficient (Wildman–Crippen LogP) is 0.196. The van der Waals surface area contributed by atoms with E-state index in [0.29, 0.717) is 13.2 Å². The maximum Gasteiger partial charge on any atom is 0.243 e. The van der Waals surface area contributed by atoms with E-state index in [1.54, 1.807) is 4.68 Å². The van der Waals surface area contributed by atoms with Gasteiger partial charge in [-0.2, -0.15) is 5.10 Å². The number of ether oxygens (including phenoxy) is 1. The number of nitrogens with one attached hydrogen (secondary N) is 2. The smallest absolute Gasteiger partial charge is 0.243 e. The zero-order valence-corrected chi connectivity index (χ0v) is 13.3. The van der Waals surface area contributed by atoms with Crippen LogP contribution in [0.4, 0.5) is 0 Å². The first-order valence-electron chi connectivity index (χ1n) is 6.61.